The van der Waals surface area contributed by atoms with E-state index >= 15 is 0 Å². The van der Waals surface area contributed by atoms with E-state index in [1.165, 1.54) is 18.5 Å². The first-order valence-electron chi connectivity index (χ1n) is 11.5. The van der Waals surface area contributed by atoms with E-state index in [-0.39, 0.29) is 5.91 Å². The predicted molar refractivity (Wildman–Crippen MR) is 118 cm³/mol. The Balaban J connectivity index is 1.25. The molecule has 30 heavy (non-hydrogen) atoms. The lowest BCUT2D eigenvalue weighted by Gasteiger charge is -2.44. The summed E-state index contributed by atoms with van der Waals surface area (Å²) in [6, 6.07) is 8.74. The van der Waals surface area contributed by atoms with Gasteiger partial charge in [-0.25, -0.2) is 0 Å². The molecule has 0 N–H and O–H groups in total. The Labute approximate surface area is 180 Å². The van der Waals surface area contributed by atoms with Gasteiger partial charge in [-0.2, -0.15) is 5.06 Å². The molecular weight excluding hydrogens is 380 g/mol. The number of benzene rings is 1. The SMILES string of the molecule is COc1ccccc1N1CCN([C@@H]2CCCN(C(=O)CCN3CCCCO3)C2)CC1. The van der Waals surface area contributed by atoms with Gasteiger partial charge in [-0.15, -0.1) is 0 Å². The molecular formula is C23H36N4O3. The van der Waals surface area contributed by atoms with Gasteiger partial charge in [0.25, 0.3) is 0 Å². The van der Waals surface area contributed by atoms with Gasteiger partial charge in [0, 0.05) is 64.8 Å². The molecule has 0 aromatic heterocycles. The fraction of sp³-hybridized carbons (Fsp3) is 0.696. The molecule has 1 aromatic rings. The van der Waals surface area contributed by atoms with E-state index < -0.39 is 0 Å². The third-order valence-electron chi connectivity index (χ3n) is 6.66. The Morgan fingerprint density at radius 1 is 1.07 bits per heavy atom. The van der Waals surface area contributed by atoms with E-state index in [1.807, 2.05) is 17.2 Å². The number of amides is 1. The minimum Gasteiger partial charge on any atom is -0.495 e. The molecule has 3 aliphatic rings. The van der Waals surface area contributed by atoms with E-state index in [4.69, 9.17) is 9.57 Å². The van der Waals surface area contributed by atoms with Gasteiger partial charge in [-0.3, -0.25) is 14.5 Å². The van der Waals surface area contributed by atoms with E-state index in [0.29, 0.717) is 12.5 Å². The zero-order valence-electron chi connectivity index (χ0n) is 18.3. The van der Waals surface area contributed by atoms with E-state index in [0.717, 1.165) is 77.6 Å². The number of piperazine rings is 1. The zero-order chi connectivity index (χ0) is 20.8. The smallest absolute Gasteiger partial charge is 0.224 e. The molecule has 3 heterocycles. The van der Waals surface area contributed by atoms with Crippen LogP contribution in [-0.2, 0) is 9.63 Å². The highest BCUT2D eigenvalue weighted by atomic mass is 16.7. The average Bonchev–Trinajstić information content (AvgIpc) is 2.83. The van der Waals surface area contributed by atoms with E-state index in [1.54, 1.807) is 7.11 Å². The molecule has 166 valence electrons. The molecule has 3 aliphatic heterocycles. The van der Waals surface area contributed by atoms with Gasteiger partial charge in [0.1, 0.15) is 5.75 Å². The predicted octanol–water partition coefficient (Wildman–Crippen LogP) is 2.23. The molecule has 0 radical (unpaired) electrons. The molecule has 1 amide bonds. The van der Waals surface area contributed by atoms with Crippen molar-refractivity contribution in [2.24, 2.45) is 0 Å². The van der Waals surface area contributed by atoms with Gasteiger partial charge < -0.3 is 14.5 Å². The molecule has 3 fully saturated rings. The lowest BCUT2D eigenvalue weighted by molar-refractivity contribution is -0.182. The maximum Gasteiger partial charge on any atom is 0.224 e. The van der Waals surface area contributed by atoms with Crippen molar-refractivity contribution < 1.29 is 14.4 Å². The van der Waals surface area contributed by atoms with Crippen LogP contribution in [0.15, 0.2) is 24.3 Å². The quantitative estimate of drug-likeness (QED) is 0.709. The second-order valence-electron chi connectivity index (χ2n) is 8.55. The highest BCUT2D eigenvalue weighted by molar-refractivity contribution is 5.76. The van der Waals surface area contributed by atoms with Crippen LogP contribution in [-0.4, -0.2) is 92.9 Å². The molecule has 0 saturated carbocycles. The number of methoxy groups -OCH3 is 1. The summed E-state index contributed by atoms with van der Waals surface area (Å²) in [5.41, 5.74) is 1.18. The number of ether oxygens (including phenoxy) is 1. The molecule has 0 spiro atoms. The second kappa shape index (κ2) is 10.5. The molecule has 7 heteroatoms. The summed E-state index contributed by atoms with van der Waals surface area (Å²) in [7, 11) is 1.74. The second-order valence-corrected chi connectivity index (χ2v) is 8.55. The number of carbonyl (C=O) groups excluding carboxylic acids is 1. The molecule has 7 nitrogen and oxygen atoms in total. The lowest BCUT2D eigenvalue weighted by Crippen LogP contribution is -2.56. The molecule has 0 aliphatic carbocycles. The normalized spacial score (nSPS) is 24.1. The van der Waals surface area contributed by atoms with Crippen molar-refractivity contribution >= 4 is 11.6 Å². The van der Waals surface area contributed by atoms with Crippen LogP contribution in [0, 0.1) is 0 Å². The number of nitrogens with zero attached hydrogens (tertiary/aromatic N) is 4. The number of carbonyl (C=O) groups is 1. The van der Waals surface area contributed by atoms with Crippen LogP contribution in [0.4, 0.5) is 5.69 Å². The van der Waals surface area contributed by atoms with Gasteiger partial charge in [-0.1, -0.05) is 12.1 Å². The van der Waals surface area contributed by atoms with Crippen molar-refractivity contribution in [2.45, 2.75) is 38.1 Å². The van der Waals surface area contributed by atoms with Crippen LogP contribution in [0.25, 0.3) is 0 Å². The number of piperidine rings is 1. The van der Waals surface area contributed by atoms with Crippen LogP contribution < -0.4 is 9.64 Å². The maximum atomic E-state index is 12.8. The van der Waals surface area contributed by atoms with Gasteiger partial charge in [0.2, 0.25) is 5.91 Å². The lowest BCUT2D eigenvalue weighted by atomic mass is 10.0. The number of rotatable bonds is 6. The monoisotopic (exact) mass is 416 g/mol. The van der Waals surface area contributed by atoms with Crippen LogP contribution in [0.5, 0.6) is 5.75 Å². The number of para-hydroxylation sites is 2. The first-order chi connectivity index (χ1) is 14.7. The molecule has 1 aromatic carbocycles. The van der Waals surface area contributed by atoms with Crippen LogP contribution in [0.2, 0.25) is 0 Å². The summed E-state index contributed by atoms with van der Waals surface area (Å²) in [5.74, 6) is 1.22. The summed E-state index contributed by atoms with van der Waals surface area (Å²) in [5, 5.41) is 1.97. The summed E-state index contributed by atoms with van der Waals surface area (Å²) in [6.45, 7) is 8.30. The van der Waals surface area contributed by atoms with Gasteiger partial charge in [-0.05, 0) is 37.8 Å². The van der Waals surface area contributed by atoms with Crippen molar-refractivity contribution in [2.75, 3.05) is 71.0 Å². The van der Waals surface area contributed by atoms with E-state index in [9.17, 15) is 4.79 Å². The molecule has 1 atom stereocenters. The first kappa shape index (κ1) is 21.4. The topological polar surface area (TPSA) is 48.5 Å². The van der Waals surface area contributed by atoms with Crippen molar-refractivity contribution in [1.29, 1.82) is 0 Å². The van der Waals surface area contributed by atoms with E-state index in [2.05, 4.69) is 26.8 Å². The fourth-order valence-corrected chi connectivity index (χ4v) is 4.90. The Bertz CT molecular complexity index is 687. The van der Waals surface area contributed by atoms with Crippen LogP contribution in [0.3, 0.4) is 0 Å². The highest BCUT2D eigenvalue weighted by Crippen LogP contribution is 2.29. The molecule has 0 unspecified atom stereocenters. The average molecular weight is 417 g/mol. The molecule has 3 saturated heterocycles. The number of likely N-dealkylation sites (tertiary alicyclic amines) is 1. The van der Waals surface area contributed by atoms with Crippen LogP contribution >= 0.6 is 0 Å². The Hall–Kier alpha value is -1.83. The highest BCUT2D eigenvalue weighted by Gasteiger charge is 2.30. The Morgan fingerprint density at radius 3 is 2.67 bits per heavy atom. The number of hydrogen-bond acceptors (Lipinski definition) is 6. The van der Waals surface area contributed by atoms with Gasteiger partial charge in [0.05, 0.1) is 19.4 Å². The third-order valence-corrected chi connectivity index (χ3v) is 6.66. The minimum absolute atomic E-state index is 0.279. The molecule has 4 rings (SSSR count). The number of hydroxylamine groups is 2. The molecule has 0 bridgehead atoms. The van der Waals surface area contributed by atoms with Gasteiger partial charge in [0.15, 0.2) is 0 Å². The maximum absolute atomic E-state index is 12.8. The number of hydrogen-bond donors (Lipinski definition) is 0. The summed E-state index contributed by atoms with van der Waals surface area (Å²) < 4.78 is 5.54. The summed E-state index contributed by atoms with van der Waals surface area (Å²) >= 11 is 0. The largest absolute Gasteiger partial charge is 0.495 e. The summed E-state index contributed by atoms with van der Waals surface area (Å²) in [4.78, 5) is 25.5. The Morgan fingerprint density at radius 2 is 1.90 bits per heavy atom. The first-order valence-corrected chi connectivity index (χ1v) is 11.5. The summed E-state index contributed by atoms with van der Waals surface area (Å²) in [6.07, 6.45) is 5.15. The van der Waals surface area contributed by atoms with Gasteiger partial charge >= 0.3 is 0 Å². The van der Waals surface area contributed by atoms with Crippen LogP contribution in [0.1, 0.15) is 32.1 Å². The minimum atomic E-state index is 0.279. The third kappa shape index (κ3) is 5.25. The standard InChI is InChI=1S/C23H36N4O3/c1-29-22-9-3-2-8-21(22)25-16-14-24(15-17-25)20-7-6-11-26(19-20)23(28)10-13-27-12-4-5-18-30-27/h2-3,8-9,20H,4-7,10-19H2,1H3/t20-/m1/s1. The zero-order valence-corrected chi connectivity index (χ0v) is 18.3. The van der Waals surface area contributed by atoms with Crippen molar-refractivity contribution in [3.05, 3.63) is 24.3 Å². The van der Waals surface area contributed by atoms with Crippen molar-refractivity contribution in [3.8, 4) is 5.75 Å². The Kier molecular flexibility index (Phi) is 7.47. The fourth-order valence-electron chi connectivity index (χ4n) is 4.90. The number of anilines is 1. The van der Waals surface area contributed by atoms with Crippen molar-refractivity contribution in [1.82, 2.24) is 14.9 Å². The van der Waals surface area contributed by atoms with Crippen molar-refractivity contribution in [3.63, 3.8) is 0 Å².